The van der Waals surface area contributed by atoms with Crippen molar-refractivity contribution in [2.75, 3.05) is 5.88 Å². The average Bonchev–Trinajstić information content (AvgIpc) is 2.87. The Kier molecular flexibility index (Phi) is 3.53. The van der Waals surface area contributed by atoms with Gasteiger partial charge in [0.15, 0.2) is 5.69 Å². The van der Waals surface area contributed by atoms with Crippen LogP contribution in [-0.2, 0) is 0 Å². The fraction of sp³-hybridized carbons (Fsp3) is 0.667. The molecule has 0 aliphatic heterocycles. The number of halogens is 1. The maximum Gasteiger partial charge on any atom is 0.272 e. The van der Waals surface area contributed by atoms with Crippen LogP contribution in [0.5, 0.6) is 0 Å². The van der Waals surface area contributed by atoms with Crippen LogP contribution in [-0.4, -0.2) is 27.4 Å². The monoisotopic (exact) mass is 245 g/mol. The Morgan fingerprint density at radius 1 is 1.67 bits per heavy atom. The molecule has 4 nitrogen and oxygen atoms in total. The van der Waals surface area contributed by atoms with Gasteiger partial charge in [-0.05, 0) is 30.3 Å². The lowest BCUT2D eigenvalue weighted by Crippen LogP contribution is -2.38. The molecule has 82 valence electrons. The Labute approximate surface area is 97.2 Å². The van der Waals surface area contributed by atoms with E-state index in [9.17, 15) is 4.79 Å². The summed E-state index contributed by atoms with van der Waals surface area (Å²) in [7, 11) is 0. The third kappa shape index (κ3) is 2.46. The van der Waals surface area contributed by atoms with E-state index in [0.717, 1.165) is 19.3 Å². The second-order valence-corrected chi connectivity index (χ2v) is 4.63. The zero-order chi connectivity index (χ0) is 10.7. The minimum atomic E-state index is -0.134. The summed E-state index contributed by atoms with van der Waals surface area (Å²) in [6.45, 7) is 0. The Morgan fingerprint density at radius 3 is 3.20 bits per heavy atom. The molecule has 15 heavy (non-hydrogen) atoms. The Morgan fingerprint density at radius 2 is 2.53 bits per heavy atom. The SMILES string of the molecule is O=C(NC1CCCC1CCl)c1csnn1. The van der Waals surface area contributed by atoms with E-state index >= 15 is 0 Å². The summed E-state index contributed by atoms with van der Waals surface area (Å²) >= 11 is 7.02. The molecule has 2 atom stereocenters. The van der Waals surface area contributed by atoms with E-state index in [4.69, 9.17) is 11.6 Å². The van der Waals surface area contributed by atoms with Gasteiger partial charge in [-0.3, -0.25) is 4.79 Å². The molecule has 1 saturated carbocycles. The van der Waals surface area contributed by atoms with Crippen LogP contribution in [0.4, 0.5) is 0 Å². The first-order chi connectivity index (χ1) is 7.31. The molecule has 2 unspecified atom stereocenters. The number of carbonyl (C=O) groups excluding carboxylic acids is 1. The summed E-state index contributed by atoms with van der Waals surface area (Å²) in [4.78, 5) is 11.7. The summed E-state index contributed by atoms with van der Waals surface area (Å²) < 4.78 is 3.66. The van der Waals surface area contributed by atoms with Gasteiger partial charge in [-0.25, -0.2) is 0 Å². The van der Waals surface area contributed by atoms with Gasteiger partial charge in [0.1, 0.15) is 0 Å². The molecule has 0 spiro atoms. The number of hydrogen-bond acceptors (Lipinski definition) is 4. The largest absolute Gasteiger partial charge is 0.348 e. The molecule has 0 bridgehead atoms. The van der Waals surface area contributed by atoms with Gasteiger partial charge in [-0.15, -0.1) is 16.7 Å². The van der Waals surface area contributed by atoms with E-state index in [-0.39, 0.29) is 11.9 Å². The third-order valence-electron chi connectivity index (χ3n) is 2.77. The van der Waals surface area contributed by atoms with Crippen LogP contribution in [0.1, 0.15) is 29.8 Å². The van der Waals surface area contributed by atoms with Gasteiger partial charge < -0.3 is 5.32 Å². The number of nitrogens with zero attached hydrogens (tertiary/aromatic N) is 2. The number of amides is 1. The van der Waals surface area contributed by atoms with Gasteiger partial charge in [0, 0.05) is 17.3 Å². The predicted octanol–water partition coefficient (Wildman–Crippen LogP) is 1.68. The highest BCUT2D eigenvalue weighted by Crippen LogP contribution is 2.26. The van der Waals surface area contributed by atoms with Crippen molar-refractivity contribution in [3.05, 3.63) is 11.1 Å². The topological polar surface area (TPSA) is 54.9 Å². The first-order valence-electron chi connectivity index (χ1n) is 4.95. The molecule has 2 rings (SSSR count). The third-order valence-corrected chi connectivity index (χ3v) is 3.67. The van der Waals surface area contributed by atoms with Crippen LogP contribution in [0.25, 0.3) is 0 Å². The minimum Gasteiger partial charge on any atom is -0.348 e. The van der Waals surface area contributed by atoms with Gasteiger partial charge in [0.2, 0.25) is 0 Å². The maximum absolute atomic E-state index is 11.7. The lowest BCUT2D eigenvalue weighted by atomic mass is 10.1. The Hall–Kier alpha value is -0.680. The molecule has 1 N–H and O–H groups in total. The van der Waals surface area contributed by atoms with E-state index < -0.39 is 0 Å². The molecule has 1 aromatic heterocycles. The molecule has 0 aromatic carbocycles. The summed E-state index contributed by atoms with van der Waals surface area (Å²) in [6.07, 6.45) is 3.25. The molecule has 1 aliphatic rings. The van der Waals surface area contributed by atoms with Gasteiger partial charge in [0.05, 0.1) is 0 Å². The number of hydrogen-bond donors (Lipinski definition) is 1. The van der Waals surface area contributed by atoms with Gasteiger partial charge in [0.25, 0.3) is 5.91 Å². The van der Waals surface area contributed by atoms with Crippen LogP contribution in [0.15, 0.2) is 5.38 Å². The number of rotatable bonds is 3. The zero-order valence-electron chi connectivity index (χ0n) is 8.15. The molecule has 6 heteroatoms. The molecule has 0 radical (unpaired) electrons. The molecule has 0 saturated heterocycles. The fourth-order valence-corrected chi connectivity index (χ4v) is 2.72. The van der Waals surface area contributed by atoms with Gasteiger partial charge in [-0.2, -0.15) is 0 Å². The number of aromatic nitrogens is 2. The highest BCUT2D eigenvalue weighted by Gasteiger charge is 2.28. The molecule has 1 amide bonds. The summed E-state index contributed by atoms with van der Waals surface area (Å²) in [5.74, 6) is 0.883. The van der Waals surface area contributed by atoms with Crippen LogP contribution in [0.2, 0.25) is 0 Å². The van der Waals surface area contributed by atoms with Crippen LogP contribution in [0.3, 0.4) is 0 Å². The van der Waals surface area contributed by atoms with Crippen LogP contribution >= 0.6 is 23.1 Å². The van der Waals surface area contributed by atoms with Gasteiger partial charge in [-0.1, -0.05) is 10.9 Å². The predicted molar refractivity (Wildman–Crippen MR) is 59.2 cm³/mol. The second kappa shape index (κ2) is 4.90. The quantitative estimate of drug-likeness (QED) is 0.825. The fourth-order valence-electron chi connectivity index (χ4n) is 1.92. The molecular weight excluding hydrogens is 234 g/mol. The standard InChI is InChI=1S/C9H12ClN3OS/c10-4-6-2-1-3-7(6)11-9(14)8-5-15-13-12-8/h5-7H,1-4H2,(H,11,14). The van der Waals surface area contributed by atoms with E-state index in [1.165, 1.54) is 11.5 Å². The van der Waals surface area contributed by atoms with Crippen molar-refractivity contribution >= 4 is 29.0 Å². The maximum atomic E-state index is 11.7. The normalized spacial score (nSPS) is 25.4. The molecular formula is C9H12ClN3OS. The Balaban J connectivity index is 1.94. The molecule has 1 fully saturated rings. The van der Waals surface area contributed by atoms with Crippen molar-refractivity contribution in [2.45, 2.75) is 25.3 Å². The van der Waals surface area contributed by atoms with Gasteiger partial charge >= 0.3 is 0 Å². The van der Waals surface area contributed by atoms with Crippen molar-refractivity contribution in [3.63, 3.8) is 0 Å². The lowest BCUT2D eigenvalue weighted by molar-refractivity contribution is 0.0925. The summed E-state index contributed by atoms with van der Waals surface area (Å²) in [5.41, 5.74) is 0.403. The van der Waals surface area contributed by atoms with Crippen molar-refractivity contribution in [1.29, 1.82) is 0 Å². The van der Waals surface area contributed by atoms with Crippen LogP contribution < -0.4 is 5.32 Å². The van der Waals surface area contributed by atoms with E-state index in [1.807, 2.05) is 0 Å². The number of nitrogens with one attached hydrogen (secondary N) is 1. The lowest BCUT2D eigenvalue weighted by Gasteiger charge is -2.17. The Bertz CT molecular complexity index is 330. The van der Waals surface area contributed by atoms with Crippen molar-refractivity contribution in [1.82, 2.24) is 14.9 Å². The second-order valence-electron chi connectivity index (χ2n) is 3.72. The zero-order valence-corrected chi connectivity index (χ0v) is 9.72. The van der Waals surface area contributed by atoms with Crippen LogP contribution in [0, 0.1) is 5.92 Å². The van der Waals surface area contributed by atoms with E-state index in [0.29, 0.717) is 17.5 Å². The number of alkyl halides is 1. The van der Waals surface area contributed by atoms with E-state index in [1.54, 1.807) is 5.38 Å². The average molecular weight is 246 g/mol. The summed E-state index contributed by atoms with van der Waals surface area (Å²) in [5, 5.41) is 8.35. The first-order valence-corrected chi connectivity index (χ1v) is 6.32. The molecule has 1 heterocycles. The highest BCUT2D eigenvalue weighted by atomic mass is 35.5. The minimum absolute atomic E-state index is 0.134. The van der Waals surface area contributed by atoms with E-state index in [2.05, 4.69) is 14.9 Å². The van der Waals surface area contributed by atoms with Crippen molar-refractivity contribution < 1.29 is 4.79 Å². The molecule has 1 aliphatic carbocycles. The first kappa shape index (κ1) is 10.8. The number of carbonyl (C=O) groups is 1. The smallest absolute Gasteiger partial charge is 0.272 e. The molecule has 1 aromatic rings. The highest BCUT2D eigenvalue weighted by molar-refractivity contribution is 7.03. The van der Waals surface area contributed by atoms with Crippen molar-refractivity contribution in [3.8, 4) is 0 Å². The summed E-state index contributed by atoms with van der Waals surface area (Å²) in [6, 6.07) is 0.205. The van der Waals surface area contributed by atoms with Crippen molar-refractivity contribution in [2.24, 2.45) is 5.92 Å².